The highest BCUT2D eigenvalue weighted by atomic mass is 19.3. The smallest absolute Gasteiger partial charge is 0.257 e. The molecule has 21 heavy (non-hydrogen) atoms. The zero-order valence-electron chi connectivity index (χ0n) is 10.8. The number of amides is 1. The van der Waals surface area contributed by atoms with Crippen molar-refractivity contribution in [3.63, 3.8) is 0 Å². The standard InChI is InChI=1S/C13H11F2N3O3/c14-11(15)6-18-4-3-12(17-18)16-13(19)8-1-2-9-10(5-8)21-7-20-9/h1-5,11H,6-7H2,(H,16,17,19). The predicted molar refractivity (Wildman–Crippen MR) is 68.7 cm³/mol. The molecule has 1 aliphatic rings. The van der Waals surface area contributed by atoms with Gasteiger partial charge in [0, 0.05) is 17.8 Å². The molecule has 0 spiro atoms. The molecule has 1 amide bonds. The van der Waals surface area contributed by atoms with Crippen LogP contribution in [-0.2, 0) is 6.54 Å². The number of nitrogens with zero attached hydrogens (tertiary/aromatic N) is 2. The van der Waals surface area contributed by atoms with Gasteiger partial charge in [-0.2, -0.15) is 5.10 Å². The maximum absolute atomic E-state index is 12.2. The first-order valence-electron chi connectivity index (χ1n) is 6.14. The van der Waals surface area contributed by atoms with Crippen molar-refractivity contribution < 1.29 is 23.0 Å². The van der Waals surface area contributed by atoms with Gasteiger partial charge in [0.25, 0.3) is 12.3 Å². The summed E-state index contributed by atoms with van der Waals surface area (Å²) in [6, 6.07) is 6.21. The fourth-order valence-electron chi connectivity index (χ4n) is 1.90. The van der Waals surface area contributed by atoms with Crippen LogP contribution in [-0.4, -0.2) is 28.9 Å². The number of anilines is 1. The van der Waals surface area contributed by atoms with Crippen molar-refractivity contribution in [2.45, 2.75) is 13.0 Å². The average Bonchev–Trinajstić information content (AvgIpc) is 3.06. The summed E-state index contributed by atoms with van der Waals surface area (Å²) in [4.78, 5) is 12.0. The Bertz CT molecular complexity index is 672. The number of halogens is 2. The molecule has 0 bridgehead atoms. The molecule has 0 unspecified atom stereocenters. The molecule has 0 saturated carbocycles. The molecule has 0 fully saturated rings. The number of carbonyl (C=O) groups is 1. The minimum absolute atomic E-state index is 0.123. The molecule has 110 valence electrons. The van der Waals surface area contributed by atoms with Gasteiger partial charge in [-0.25, -0.2) is 8.78 Å². The third-order valence-corrected chi connectivity index (χ3v) is 2.84. The maximum atomic E-state index is 12.2. The third kappa shape index (κ3) is 2.93. The lowest BCUT2D eigenvalue weighted by Crippen LogP contribution is -2.13. The number of nitrogens with one attached hydrogen (secondary N) is 1. The molecule has 3 rings (SSSR count). The lowest BCUT2D eigenvalue weighted by molar-refractivity contribution is 0.102. The van der Waals surface area contributed by atoms with E-state index < -0.39 is 18.9 Å². The summed E-state index contributed by atoms with van der Waals surface area (Å²) in [5.41, 5.74) is 0.364. The number of ether oxygens (including phenoxy) is 2. The SMILES string of the molecule is O=C(Nc1ccn(CC(F)F)n1)c1ccc2c(c1)OCO2. The van der Waals surface area contributed by atoms with Gasteiger partial charge in [0.2, 0.25) is 6.79 Å². The molecule has 1 N–H and O–H groups in total. The van der Waals surface area contributed by atoms with Crippen LogP contribution in [0.1, 0.15) is 10.4 Å². The van der Waals surface area contributed by atoms with Gasteiger partial charge in [-0.1, -0.05) is 0 Å². The number of carbonyl (C=O) groups excluding carboxylic acids is 1. The van der Waals surface area contributed by atoms with Crippen molar-refractivity contribution >= 4 is 11.7 Å². The van der Waals surface area contributed by atoms with Gasteiger partial charge >= 0.3 is 0 Å². The average molecular weight is 295 g/mol. The van der Waals surface area contributed by atoms with Crippen molar-refractivity contribution in [1.82, 2.24) is 9.78 Å². The van der Waals surface area contributed by atoms with E-state index in [0.29, 0.717) is 17.1 Å². The van der Waals surface area contributed by atoms with Crippen LogP contribution >= 0.6 is 0 Å². The Hall–Kier alpha value is -2.64. The van der Waals surface area contributed by atoms with Crippen molar-refractivity contribution in [1.29, 1.82) is 0 Å². The van der Waals surface area contributed by atoms with E-state index in [0.717, 1.165) is 4.68 Å². The molecule has 8 heteroatoms. The summed E-state index contributed by atoms with van der Waals surface area (Å²) < 4.78 is 35.8. The number of fused-ring (bicyclic) bond motifs is 1. The number of alkyl halides is 2. The first-order chi connectivity index (χ1) is 10.1. The normalized spacial score (nSPS) is 12.7. The summed E-state index contributed by atoms with van der Waals surface area (Å²) in [6.07, 6.45) is -1.12. The van der Waals surface area contributed by atoms with Crippen molar-refractivity contribution in [2.24, 2.45) is 0 Å². The molecular weight excluding hydrogens is 284 g/mol. The summed E-state index contributed by atoms with van der Waals surface area (Å²) >= 11 is 0. The topological polar surface area (TPSA) is 65.4 Å². The van der Waals surface area contributed by atoms with Crippen LogP contribution in [0.4, 0.5) is 14.6 Å². The highest BCUT2D eigenvalue weighted by Gasteiger charge is 2.17. The maximum Gasteiger partial charge on any atom is 0.257 e. The third-order valence-electron chi connectivity index (χ3n) is 2.84. The largest absolute Gasteiger partial charge is 0.454 e. The van der Waals surface area contributed by atoms with E-state index in [1.807, 2.05) is 0 Å². The van der Waals surface area contributed by atoms with Crippen LogP contribution in [0.15, 0.2) is 30.5 Å². The Morgan fingerprint density at radius 3 is 2.95 bits per heavy atom. The number of aromatic nitrogens is 2. The zero-order chi connectivity index (χ0) is 14.8. The van der Waals surface area contributed by atoms with E-state index >= 15 is 0 Å². The zero-order valence-corrected chi connectivity index (χ0v) is 10.8. The van der Waals surface area contributed by atoms with Gasteiger partial charge in [0.05, 0.1) is 0 Å². The minimum Gasteiger partial charge on any atom is -0.454 e. The van der Waals surface area contributed by atoms with Crippen molar-refractivity contribution in [3.8, 4) is 11.5 Å². The summed E-state index contributed by atoms with van der Waals surface area (Å²) in [6.45, 7) is -0.391. The Morgan fingerprint density at radius 1 is 1.33 bits per heavy atom. The van der Waals surface area contributed by atoms with Crippen molar-refractivity contribution in [2.75, 3.05) is 12.1 Å². The number of hydrogen-bond donors (Lipinski definition) is 1. The predicted octanol–water partition coefficient (Wildman–Crippen LogP) is 2.13. The minimum atomic E-state index is -2.50. The van der Waals surface area contributed by atoms with E-state index in [1.165, 1.54) is 12.3 Å². The van der Waals surface area contributed by atoms with E-state index in [2.05, 4.69) is 10.4 Å². The van der Waals surface area contributed by atoms with E-state index in [1.54, 1.807) is 18.2 Å². The lowest BCUT2D eigenvalue weighted by atomic mass is 10.2. The Kier molecular flexibility index (Phi) is 3.43. The van der Waals surface area contributed by atoms with Gasteiger partial charge in [-0.3, -0.25) is 9.48 Å². The molecule has 6 nitrogen and oxygen atoms in total. The van der Waals surface area contributed by atoms with Crippen molar-refractivity contribution in [3.05, 3.63) is 36.0 Å². The van der Waals surface area contributed by atoms with Gasteiger partial charge in [0.15, 0.2) is 17.3 Å². The number of benzene rings is 1. The van der Waals surface area contributed by atoms with E-state index in [4.69, 9.17) is 9.47 Å². The van der Waals surface area contributed by atoms with Crippen LogP contribution < -0.4 is 14.8 Å². The molecule has 2 heterocycles. The Morgan fingerprint density at radius 2 is 2.14 bits per heavy atom. The molecule has 0 aliphatic carbocycles. The summed E-state index contributed by atoms with van der Waals surface area (Å²) in [5, 5.41) is 6.37. The van der Waals surface area contributed by atoms with Crippen LogP contribution in [0.2, 0.25) is 0 Å². The second-order valence-electron chi connectivity index (χ2n) is 4.34. The summed E-state index contributed by atoms with van der Waals surface area (Å²) in [5.74, 6) is 0.868. The molecule has 1 aromatic heterocycles. The molecule has 1 aliphatic heterocycles. The Labute approximate surface area is 118 Å². The Balaban J connectivity index is 1.70. The van der Waals surface area contributed by atoms with Crippen LogP contribution in [0.3, 0.4) is 0 Å². The molecule has 2 aromatic rings. The summed E-state index contributed by atoms with van der Waals surface area (Å²) in [7, 11) is 0. The monoisotopic (exact) mass is 295 g/mol. The molecule has 0 saturated heterocycles. The lowest BCUT2D eigenvalue weighted by Gasteiger charge is -2.03. The van der Waals surface area contributed by atoms with Crippen LogP contribution in [0.5, 0.6) is 11.5 Å². The molecule has 1 aromatic carbocycles. The van der Waals surface area contributed by atoms with Gasteiger partial charge in [-0.15, -0.1) is 0 Å². The quantitative estimate of drug-likeness (QED) is 0.938. The fraction of sp³-hybridized carbons (Fsp3) is 0.231. The first kappa shape index (κ1) is 13.3. The van der Waals surface area contributed by atoms with E-state index in [-0.39, 0.29) is 12.6 Å². The van der Waals surface area contributed by atoms with Gasteiger partial charge < -0.3 is 14.8 Å². The van der Waals surface area contributed by atoms with Crippen LogP contribution in [0.25, 0.3) is 0 Å². The molecule has 0 atom stereocenters. The van der Waals surface area contributed by atoms with Gasteiger partial charge in [-0.05, 0) is 18.2 Å². The van der Waals surface area contributed by atoms with Crippen LogP contribution in [0, 0.1) is 0 Å². The highest BCUT2D eigenvalue weighted by Crippen LogP contribution is 2.32. The molecule has 0 radical (unpaired) electrons. The second-order valence-corrected chi connectivity index (χ2v) is 4.34. The number of rotatable bonds is 4. The highest BCUT2D eigenvalue weighted by molar-refractivity contribution is 6.04. The fourth-order valence-corrected chi connectivity index (χ4v) is 1.90. The molecular formula is C13H11F2N3O3. The van der Waals surface area contributed by atoms with Gasteiger partial charge in [0.1, 0.15) is 6.54 Å². The van der Waals surface area contributed by atoms with E-state index in [9.17, 15) is 13.6 Å². The number of hydrogen-bond acceptors (Lipinski definition) is 4. The first-order valence-corrected chi connectivity index (χ1v) is 6.14. The second kappa shape index (κ2) is 5.39.